The number of hydrogen-bond acceptors (Lipinski definition) is 3. The molecule has 2 N–H and O–H groups in total. The Balaban J connectivity index is 1.30. The van der Waals surface area contributed by atoms with E-state index < -0.39 is 5.97 Å². The first-order valence-corrected chi connectivity index (χ1v) is 18.4. The quantitative estimate of drug-likeness (QED) is 0.222. The van der Waals surface area contributed by atoms with Gasteiger partial charge in [0.25, 0.3) is 0 Å². The van der Waals surface area contributed by atoms with Crippen molar-refractivity contribution in [2.45, 2.75) is 131 Å². The van der Waals surface area contributed by atoms with Crippen molar-refractivity contribution in [2.24, 2.45) is 56.7 Å². The molecule has 4 nitrogen and oxygen atoms in total. The molecule has 5 saturated carbocycles. The summed E-state index contributed by atoms with van der Waals surface area (Å²) in [7, 11) is 0. The Kier molecular flexibility index (Phi) is 8.29. The Hall–Kier alpha value is -2.36. The lowest BCUT2D eigenvalue weighted by Gasteiger charge is -2.73. The summed E-state index contributed by atoms with van der Waals surface area (Å²) in [5, 5.41) is 19.2. The second kappa shape index (κ2) is 11.4. The summed E-state index contributed by atoms with van der Waals surface area (Å²) in [5.41, 5.74) is 3.53. The van der Waals surface area contributed by atoms with Gasteiger partial charge in [0.1, 0.15) is 5.78 Å². The molecular weight excluding hydrogens is 568 g/mol. The first-order valence-electron chi connectivity index (χ1n) is 18.4. The third kappa shape index (κ3) is 4.73. The Morgan fingerprint density at radius 2 is 1.48 bits per heavy atom. The SMILES string of the molecule is C=C(O)CCCC(=O)[C@]12CC[C@@H](C(=C)C)[C@@H]1[C@H]1CC[C@@H]3[C@@]4(C)CC[C@H](c5ccc(C(=O)O)cc5)C(C)(C)[C@@H]4CC[C@@]3(C)[C@]1(C)CC2. The number of carboxylic acid groups (broad SMARTS) is 1. The van der Waals surface area contributed by atoms with Crippen LogP contribution in [0, 0.1) is 56.7 Å². The molecule has 0 aliphatic heterocycles. The summed E-state index contributed by atoms with van der Waals surface area (Å²) in [5.74, 6) is 2.85. The Bertz CT molecular complexity index is 1400. The van der Waals surface area contributed by atoms with Crippen molar-refractivity contribution in [3.63, 3.8) is 0 Å². The smallest absolute Gasteiger partial charge is 0.335 e. The van der Waals surface area contributed by atoms with E-state index in [-0.39, 0.29) is 32.8 Å². The summed E-state index contributed by atoms with van der Waals surface area (Å²) >= 11 is 0. The molecule has 4 heteroatoms. The minimum absolute atomic E-state index is 0.126. The zero-order valence-electron chi connectivity index (χ0n) is 29.6. The average Bonchev–Trinajstić information content (AvgIpc) is 3.38. The molecule has 5 aliphatic carbocycles. The van der Waals surface area contributed by atoms with Crippen molar-refractivity contribution in [3.8, 4) is 0 Å². The zero-order chi connectivity index (χ0) is 33.4. The number of hydrogen-bond donors (Lipinski definition) is 2. The molecule has 0 bridgehead atoms. The van der Waals surface area contributed by atoms with Gasteiger partial charge in [0.15, 0.2) is 0 Å². The molecular formula is C42H60O4. The van der Waals surface area contributed by atoms with Gasteiger partial charge in [0, 0.05) is 18.3 Å². The van der Waals surface area contributed by atoms with E-state index in [9.17, 15) is 19.8 Å². The van der Waals surface area contributed by atoms with Crippen LogP contribution < -0.4 is 0 Å². The molecule has 0 aromatic heterocycles. The lowest BCUT2D eigenvalue weighted by molar-refractivity contribution is -0.237. The number of Topliss-reactive ketones (excluding diaryl/α,β-unsaturated/α-hetero) is 1. The van der Waals surface area contributed by atoms with E-state index in [1.54, 1.807) is 12.1 Å². The van der Waals surface area contributed by atoms with Gasteiger partial charge in [-0.3, -0.25) is 4.79 Å². The molecule has 0 heterocycles. The molecule has 6 rings (SSSR count). The highest BCUT2D eigenvalue weighted by atomic mass is 16.4. The Morgan fingerprint density at radius 1 is 0.783 bits per heavy atom. The van der Waals surface area contributed by atoms with E-state index in [4.69, 9.17) is 0 Å². The van der Waals surface area contributed by atoms with Crippen LogP contribution in [0.4, 0.5) is 0 Å². The Morgan fingerprint density at radius 3 is 2.11 bits per heavy atom. The highest BCUT2D eigenvalue weighted by molar-refractivity contribution is 5.87. The number of rotatable bonds is 8. The second-order valence-corrected chi connectivity index (χ2v) is 18.0. The van der Waals surface area contributed by atoms with E-state index in [0.29, 0.717) is 66.1 Å². The monoisotopic (exact) mass is 628 g/mol. The van der Waals surface area contributed by atoms with Gasteiger partial charge in [-0.25, -0.2) is 4.79 Å². The van der Waals surface area contributed by atoms with Crippen LogP contribution in [0.15, 0.2) is 48.8 Å². The number of fused-ring (bicyclic) bond motifs is 7. The maximum absolute atomic E-state index is 14.2. The molecule has 252 valence electrons. The standard InChI is InChI=1S/C42H60O4/c1-26(2)30-18-23-42(35(44)11-9-10-27(3)43)25-24-40(7)32(36(30)42)16-17-34-39(6)21-19-31(28-12-14-29(15-13-28)37(45)46)38(4,5)33(39)20-22-41(34,40)8/h12-15,30-34,36,43H,1,3,9-11,16-25H2,2,4-8H3,(H,45,46)/t30-,31+,32+,33-,34+,36+,39-,40+,41+,42+/m0/s1. The minimum atomic E-state index is -0.859. The van der Waals surface area contributed by atoms with Gasteiger partial charge in [0.2, 0.25) is 0 Å². The predicted octanol–water partition coefficient (Wildman–Crippen LogP) is 10.9. The largest absolute Gasteiger partial charge is 0.513 e. The molecule has 5 fully saturated rings. The van der Waals surface area contributed by atoms with E-state index >= 15 is 0 Å². The van der Waals surface area contributed by atoms with Gasteiger partial charge in [0.05, 0.1) is 11.3 Å². The molecule has 0 saturated heterocycles. The van der Waals surface area contributed by atoms with Gasteiger partial charge in [-0.1, -0.05) is 65.5 Å². The van der Waals surface area contributed by atoms with Crippen LogP contribution in [-0.4, -0.2) is 22.0 Å². The third-order valence-electron chi connectivity index (χ3n) is 16.1. The lowest BCUT2D eigenvalue weighted by atomic mass is 9.31. The fourth-order valence-electron chi connectivity index (χ4n) is 13.8. The van der Waals surface area contributed by atoms with Crippen LogP contribution in [0.5, 0.6) is 0 Å². The van der Waals surface area contributed by atoms with Crippen LogP contribution in [0.25, 0.3) is 0 Å². The predicted molar refractivity (Wildman–Crippen MR) is 186 cm³/mol. The van der Waals surface area contributed by atoms with Crippen LogP contribution in [0.1, 0.15) is 147 Å². The number of aliphatic hydroxyl groups is 1. The average molecular weight is 629 g/mol. The van der Waals surface area contributed by atoms with Gasteiger partial charge in [-0.05, 0) is 152 Å². The number of carbonyl (C=O) groups excluding carboxylic acids is 1. The van der Waals surface area contributed by atoms with Crippen molar-refractivity contribution >= 4 is 11.8 Å². The fraction of sp³-hybridized carbons (Fsp3) is 0.714. The van der Waals surface area contributed by atoms with Crippen LogP contribution in [0.3, 0.4) is 0 Å². The maximum Gasteiger partial charge on any atom is 0.335 e. The first-order chi connectivity index (χ1) is 21.5. The van der Waals surface area contributed by atoms with Gasteiger partial charge in [-0.2, -0.15) is 0 Å². The normalized spacial score (nSPS) is 42.6. The maximum atomic E-state index is 14.2. The van der Waals surface area contributed by atoms with Crippen LogP contribution in [0.2, 0.25) is 0 Å². The van der Waals surface area contributed by atoms with Crippen LogP contribution in [-0.2, 0) is 4.79 Å². The minimum Gasteiger partial charge on any atom is -0.513 e. The fourth-order valence-corrected chi connectivity index (χ4v) is 13.8. The third-order valence-corrected chi connectivity index (χ3v) is 16.1. The van der Waals surface area contributed by atoms with E-state index in [1.807, 2.05) is 0 Å². The zero-order valence-corrected chi connectivity index (χ0v) is 29.6. The molecule has 46 heavy (non-hydrogen) atoms. The number of carbonyl (C=O) groups is 2. The van der Waals surface area contributed by atoms with E-state index in [1.165, 1.54) is 43.2 Å². The summed E-state index contributed by atoms with van der Waals surface area (Å²) in [6.07, 6.45) is 13.4. The van der Waals surface area contributed by atoms with Crippen molar-refractivity contribution < 1.29 is 19.8 Å². The molecule has 10 atom stereocenters. The summed E-state index contributed by atoms with van der Waals surface area (Å²) in [6.45, 7) is 23.3. The topological polar surface area (TPSA) is 74.6 Å². The molecule has 1 aromatic carbocycles. The van der Waals surface area contributed by atoms with E-state index in [2.05, 4.69) is 66.8 Å². The first kappa shape index (κ1) is 33.5. The van der Waals surface area contributed by atoms with Crippen LogP contribution >= 0.6 is 0 Å². The van der Waals surface area contributed by atoms with Crippen molar-refractivity contribution in [1.29, 1.82) is 0 Å². The lowest BCUT2D eigenvalue weighted by Crippen LogP contribution is -2.66. The number of benzene rings is 1. The second-order valence-electron chi connectivity index (χ2n) is 18.0. The van der Waals surface area contributed by atoms with Crippen molar-refractivity contribution in [2.75, 3.05) is 0 Å². The highest BCUT2D eigenvalue weighted by Gasteiger charge is 2.71. The number of ketones is 1. The molecule has 1 aromatic rings. The highest BCUT2D eigenvalue weighted by Crippen LogP contribution is 2.78. The Labute approximate surface area is 278 Å². The van der Waals surface area contributed by atoms with Gasteiger partial charge in [-0.15, -0.1) is 0 Å². The summed E-state index contributed by atoms with van der Waals surface area (Å²) in [6, 6.07) is 7.74. The van der Waals surface area contributed by atoms with Gasteiger partial charge < -0.3 is 10.2 Å². The molecule has 0 radical (unpaired) electrons. The molecule has 5 aliphatic rings. The van der Waals surface area contributed by atoms with E-state index in [0.717, 1.165) is 32.1 Å². The number of allylic oxidation sites excluding steroid dienone is 2. The molecule has 0 spiro atoms. The number of carboxylic acids is 1. The summed E-state index contributed by atoms with van der Waals surface area (Å²) < 4.78 is 0. The van der Waals surface area contributed by atoms with Crippen molar-refractivity contribution in [3.05, 3.63) is 59.9 Å². The van der Waals surface area contributed by atoms with Crippen molar-refractivity contribution in [1.82, 2.24) is 0 Å². The number of aromatic carboxylic acids is 1. The summed E-state index contributed by atoms with van der Waals surface area (Å²) in [4.78, 5) is 25.8. The molecule has 0 amide bonds. The molecule has 0 unspecified atom stereocenters. The van der Waals surface area contributed by atoms with Gasteiger partial charge >= 0.3 is 5.97 Å². The number of aliphatic hydroxyl groups excluding tert-OH is 1.